The molecule has 0 aromatic heterocycles. The Balaban J connectivity index is 3.40. The monoisotopic (exact) mass is 314 g/mol. The normalized spacial score (nSPS) is 13.5. The predicted octanol–water partition coefficient (Wildman–Crippen LogP) is 5.22. The number of terminal acetylenes is 1. The third-order valence-electron chi connectivity index (χ3n) is 4.05. The highest BCUT2D eigenvalue weighted by atomic mass is 16.3. The van der Waals surface area contributed by atoms with Crippen LogP contribution in [-0.4, -0.2) is 10.9 Å². The van der Waals surface area contributed by atoms with Gasteiger partial charge < -0.3 is 5.11 Å². The third kappa shape index (κ3) is 4.86. The average Bonchev–Trinajstić information content (AvgIpc) is 2.36. The Morgan fingerprint density at radius 2 is 1.57 bits per heavy atom. The zero-order chi connectivity index (χ0) is 18.0. The first-order valence-electron chi connectivity index (χ1n) is 8.22. The summed E-state index contributed by atoms with van der Waals surface area (Å²) in [5.41, 5.74) is 1.84. The van der Waals surface area contributed by atoms with E-state index in [1.54, 1.807) is 0 Å². The summed E-state index contributed by atoms with van der Waals surface area (Å²) >= 11 is 0. The molecule has 0 spiro atoms. The molecular formula is C21H30O2. The van der Waals surface area contributed by atoms with Crippen LogP contribution in [0, 0.1) is 18.3 Å². The van der Waals surface area contributed by atoms with Gasteiger partial charge in [0.25, 0.3) is 0 Å². The van der Waals surface area contributed by atoms with E-state index < -0.39 is 0 Å². The number of rotatable bonds is 4. The molecule has 126 valence electrons. The Morgan fingerprint density at radius 1 is 1.13 bits per heavy atom. The Bertz CT molecular complexity index is 584. The van der Waals surface area contributed by atoms with E-state index in [4.69, 9.17) is 6.42 Å². The molecule has 0 heterocycles. The molecule has 1 aromatic rings. The first kappa shape index (κ1) is 19.3. The van der Waals surface area contributed by atoms with Gasteiger partial charge in [0.15, 0.2) is 5.78 Å². The highest BCUT2D eigenvalue weighted by molar-refractivity contribution is 5.97. The molecule has 0 radical (unpaired) electrons. The van der Waals surface area contributed by atoms with Gasteiger partial charge in [-0.05, 0) is 28.9 Å². The molecule has 0 aliphatic carbocycles. The lowest BCUT2D eigenvalue weighted by Gasteiger charge is -2.28. The number of phenolic OH excluding ortho intramolecular Hbond substituents is 1. The zero-order valence-corrected chi connectivity index (χ0v) is 15.6. The van der Waals surface area contributed by atoms with Crippen molar-refractivity contribution in [3.05, 3.63) is 28.8 Å². The summed E-state index contributed by atoms with van der Waals surface area (Å²) < 4.78 is 0. The van der Waals surface area contributed by atoms with Crippen molar-refractivity contribution >= 4 is 5.78 Å². The summed E-state index contributed by atoms with van der Waals surface area (Å²) in [6.07, 6.45) is 6.36. The van der Waals surface area contributed by atoms with E-state index in [1.807, 2.05) is 60.6 Å². The first-order chi connectivity index (χ1) is 10.4. The lowest BCUT2D eigenvalue weighted by atomic mass is 9.77. The van der Waals surface area contributed by atoms with Crippen molar-refractivity contribution < 1.29 is 9.90 Å². The Hall–Kier alpha value is -1.75. The molecule has 1 aromatic carbocycles. The molecular weight excluding hydrogens is 284 g/mol. The summed E-state index contributed by atoms with van der Waals surface area (Å²) in [6.45, 7) is 14.3. The maximum atomic E-state index is 12.6. The fourth-order valence-corrected chi connectivity index (χ4v) is 2.65. The summed E-state index contributed by atoms with van der Waals surface area (Å²) in [5, 5.41) is 10.7. The van der Waals surface area contributed by atoms with E-state index in [0.717, 1.165) is 11.1 Å². The molecule has 23 heavy (non-hydrogen) atoms. The van der Waals surface area contributed by atoms with Gasteiger partial charge in [0.05, 0.1) is 0 Å². The maximum Gasteiger partial charge on any atom is 0.163 e. The average molecular weight is 314 g/mol. The van der Waals surface area contributed by atoms with Gasteiger partial charge >= 0.3 is 0 Å². The Kier molecular flexibility index (Phi) is 5.69. The van der Waals surface area contributed by atoms with Crippen molar-refractivity contribution in [1.82, 2.24) is 0 Å². The van der Waals surface area contributed by atoms with Crippen LogP contribution in [0.5, 0.6) is 5.75 Å². The topological polar surface area (TPSA) is 37.3 Å². The second kappa shape index (κ2) is 6.79. The summed E-state index contributed by atoms with van der Waals surface area (Å²) in [5.74, 6) is 3.17. The second-order valence-corrected chi connectivity index (χ2v) is 8.56. The number of Topliss-reactive ketones (excluding diaryl/α,β-unsaturated/α-hetero) is 1. The summed E-state index contributed by atoms with van der Waals surface area (Å²) in [6, 6.07) is 3.69. The van der Waals surface area contributed by atoms with Crippen molar-refractivity contribution in [1.29, 1.82) is 0 Å². The van der Waals surface area contributed by atoms with E-state index >= 15 is 0 Å². The van der Waals surface area contributed by atoms with Crippen LogP contribution >= 0.6 is 0 Å². The minimum atomic E-state index is -0.231. The molecule has 0 amide bonds. The highest BCUT2D eigenvalue weighted by Gasteiger charge is 2.27. The standard InChI is InChI=1S/C21H30O2/c1-9-10-14(2)11-18(22)15-12-16(20(3,4)5)19(23)17(13-15)21(6,7)8/h1,12-14,23H,10-11H2,2-8H3/t14-/m1/s1. The minimum Gasteiger partial charge on any atom is -0.507 e. The molecule has 0 aliphatic heterocycles. The minimum absolute atomic E-state index is 0.0868. The number of hydrogen-bond acceptors (Lipinski definition) is 2. The lowest BCUT2D eigenvalue weighted by molar-refractivity contribution is 0.0965. The van der Waals surface area contributed by atoms with E-state index in [0.29, 0.717) is 24.2 Å². The van der Waals surface area contributed by atoms with E-state index in [9.17, 15) is 9.90 Å². The van der Waals surface area contributed by atoms with Crippen LogP contribution in [0.3, 0.4) is 0 Å². The number of ketones is 1. The molecule has 0 saturated heterocycles. The highest BCUT2D eigenvalue weighted by Crippen LogP contribution is 2.40. The molecule has 0 fully saturated rings. The Morgan fingerprint density at radius 3 is 1.91 bits per heavy atom. The van der Waals surface area contributed by atoms with Crippen molar-refractivity contribution in [2.45, 2.75) is 72.1 Å². The molecule has 0 unspecified atom stereocenters. The number of carbonyl (C=O) groups is 1. The number of aromatic hydroxyl groups is 1. The quantitative estimate of drug-likeness (QED) is 0.611. The van der Waals surface area contributed by atoms with Crippen LogP contribution in [-0.2, 0) is 10.8 Å². The first-order valence-corrected chi connectivity index (χ1v) is 8.22. The van der Waals surface area contributed by atoms with Crippen LogP contribution in [0.1, 0.15) is 82.8 Å². The van der Waals surface area contributed by atoms with Crippen LogP contribution < -0.4 is 0 Å². The number of carbonyl (C=O) groups excluding carboxylic acids is 1. The predicted molar refractivity (Wildman–Crippen MR) is 97.1 cm³/mol. The second-order valence-electron chi connectivity index (χ2n) is 8.56. The molecule has 0 saturated carbocycles. The third-order valence-corrected chi connectivity index (χ3v) is 4.05. The van der Waals surface area contributed by atoms with Crippen LogP contribution in [0.15, 0.2) is 12.1 Å². The Labute approximate surface area is 141 Å². The number of hydrogen-bond donors (Lipinski definition) is 1. The van der Waals surface area contributed by atoms with Crippen LogP contribution in [0.2, 0.25) is 0 Å². The van der Waals surface area contributed by atoms with Gasteiger partial charge in [-0.15, -0.1) is 12.3 Å². The van der Waals surface area contributed by atoms with Crippen molar-refractivity contribution in [3.8, 4) is 18.1 Å². The van der Waals surface area contributed by atoms with Gasteiger partial charge in [-0.3, -0.25) is 4.79 Å². The molecule has 2 heteroatoms. The van der Waals surface area contributed by atoms with E-state index in [1.165, 1.54) is 0 Å². The summed E-state index contributed by atoms with van der Waals surface area (Å²) in [7, 11) is 0. The molecule has 2 nitrogen and oxygen atoms in total. The number of benzene rings is 1. The van der Waals surface area contributed by atoms with Gasteiger partial charge in [-0.2, -0.15) is 0 Å². The van der Waals surface area contributed by atoms with Crippen molar-refractivity contribution in [2.75, 3.05) is 0 Å². The molecule has 1 rings (SSSR count). The van der Waals surface area contributed by atoms with Crippen molar-refractivity contribution in [3.63, 3.8) is 0 Å². The number of phenols is 1. The van der Waals surface area contributed by atoms with Crippen LogP contribution in [0.4, 0.5) is 0 Å². The molecule has 0 aliphatic rings. The zero-order valence-electron chi connectivity index (χ0n) is 15.6. The van der Waals surface area contributed by atoms with Crippen molar-refractivity contribution in [2.24, 2.45) is 5.92 Å². The van der Waals surface area contributed by atoms with Gasteiger partial charge in [0.2, 0.25) is 0 Å². The van der Waals surface area contributed by atoms with Gasteiger partial charge in [-0.25, -0.2) is 0 Å². The maximum absolute atomic E-state index is 12.6. The fraction of sp³-hybridized carbons (Fsp3) is 0.571. The molecule has 1 N–H and O–H groups in total. The van der Waals surface area contributed by atoms with Crippen LogP contribution in [0.25, 0.3) is 0 Å². The van der Waals surface area contributed by atoms with Gasteiger partial charge in [0, 0.05) is 29.5 Å². The smallest absolute Gasteiger partial charge is 0.163 e. The van der Waals surface area contributed by atoms with Gasteiger partial charge in [-0.1, -0.05) is 48.5 Å². The molecule has 1 atom stereocenters. The van der Waals surface area contributed by atoms with Gasteiger partial charge in [0.1, 0.15) is 5.75 Å². The molecule has 0 bridgehead atoms. The summed E-state index contributed by atoms with van der Waals surface area (Å²) in [4.78, 5) is 12.6. The fourth-order valence-electron chi connectivity index (χ4n) is 2.65. The lowest BCUT2D eigenvalue weighted by Crippen LogP contribution is -2.19. The SMILES string of the molecule is C#CC[C@@H](C)CC(=O)c1cc(C(C)(C)C)c(O)c(C(C)(C)C)c1. The van der Waals surface area contributed by atoms with E-state index in [2.05, 4.69) is 5.92 Å². The largest absolute Gasteiger partial charge is 0.507 e. The van der Waals surface area contributed by atoms with E-state index in [-0.39, 0.29) is 22.5 Å².